The number of rotatable bonds is 4. The quantitative estimate of drug-likeness (QED) is 0.390. The highest BCUT2D eigenvalue weighted by molar-refractivity contribution is 7.98. The predicted octanol–water partition coefficient (Wildman–Crippen LogP) is -0.215. The van der Waals surface area contributed by atoms with E-state index in [1.54, 1.807) is 18.4 Å². The van der Waals surface area contributed by atoms with Crippen molar-refractivity contribution < 1.29 is 25.2 Å². The Morgan fingerprint density at radius 1 is 1.21 bits per heavy atom. The highest BCUT2D eigenvalue weighted by Gasteiger charge is 2.45. The van der Waals surface area contributed by atoms with Crippen molar-refractivity contribution in [2.45, 2.75) is 42.7 Å². The van der Waals surface area contributed by atoms with E-state index >= 15 is 0 Å². The average Bonchev–Trinajstić information content (AvgIpc) is 2.72. The molecule has 0 bridgehead atoms. The summed E-state index contributed by atoms with van der Waals surface area (Å²) in [5.41, 5.74) is 0.783. The van der Waals surface area contributed by atoms with Crippen LogP contribution in [0.15, 0.2) is 34.2 Å². The molecule has 0 saturated carbocycles. The molecule has 0 unspecified atom stereocenters. The largest absolute Gasteiger partial charge is 0.394 e. The Morgan fingerprint density at radius 3 is 2.41 bits per heavy atom. The van der Waals surface area contributed by atoms with Crippen molar-refractivity contribution in [1.29, 1.82) is 5.26 Å². The van der Waals surface area contributed by atoms with Gasteiger partial charge >= 0.3 is 0 Å². The van der Waals surface area contributed by atoms with Gasteiger partial charge in [-0.05, 0) is 13.2 Å². The summed E-state index contributed by atoms with van der Waals surface area (Å²) >= 11 is 1.09. The first kappa shape index (κ1) is 21.4. The zero-order chi connectivity index (χ0) is 21.3. The number of nitriles is 1. The van der Waals surface area contributed by atoms with Gasteiger partial charge in [-0.2, -0.15) is 5.26 Å². The van der Waals surface area contributed by atoms with Crippen LogP contribution in [0.1, 0.15) is 17.4 Å². The van der Waals surface area contributed by atoms with E-state index < -0.39 is 42.8 Å². The molecule has 0 radical (unpaired) electrons. The van der Waals surface area contributed by atoms with Crippen LogP contribution in [0.25, 0.3) is 11.3 Å². The van der Waals surface area contributed by atoms with Crippen LogP contribution < -0.4 is 5.56 Å². The van der Waals surface area contributed by atoms with Gasteiger partial charge in [-0.15, -0.1) is 0 Å². The number of hydrogen-bond donors (Lipinski definition) is 4. The zero-order valence-electron chi connectivity index (χ0n) is 15.8. The summed E-state index contributed by atoms with van der Waals surface area (Å²) in [5.74, 6) is 0. The van der Waals surface area contributed by atoms with Crippen molar-refractivity contribution in [1.82, 2.24) is 9.55 Å². The summed E-state index contributed by atoms with van der Waals surface area (Å²) in [6, 6.07) is 9.03. The molecule has 29 heavy (non-hydrogen) atoms. The summed E-state index contributed by atoms with van der Waals surface area (Å²) in [5, 5.41) is 49.6. The fraction of sp³-hybridized carbons (Fsp3) is 0.421. The maximum Gasteiger partial charge on any atom is 0.274 e. The molecule has 1 fully saturated rings. The van der Waals surface area contributed by atoms with Crippen molar-refractivity contribution in [3.63, 3.8) is 0 Å². The van der Waals surface area contributed by atoms with Gasteiger partial charge in [-0.3, -0.25) is 9.36 Å². The third kappa shape index (κ3) is 3.81. The van der Waals surface area contributed by atoms with E-state index in [0.29, 0.717) is 5.56 Å². The average molecular weight is 419 g/mol. The van der Waals surface area contributed by atoms with Gasteiger partial charge in [0.05, 0.1) is 12.3 Å². The molecule has 0 amide bonds. The van der Waals surface area contributed by atoms with E-state index in [9.17, 15) is 30.5 Å². The predicted molar refractivity (Wildman–Crippen MR) is 104 cm³/mol. The van der Waals surface area contributed by atoms with Gasteiger partial charge in [0.1, 0.15) is 36.0 Å². The van der Waals surface area contributed by atoms with E-state index in [2.05, 4.69) is 4.98 Å². The number of nitrogens with zero attached hydrogens (tertiary/aromatic N) is 3. The lowest BCUT2D eigenvalue weighted by molar-refractivity contribution is -0.254. The number of thioether (sulfide) groups is 1. The Bertz CT molecular complexity index is 985. The molecule has 1 saturated heterocycles. The Balaban J connectivity index is 2.19. The van der Waals surface area contributed by atoms with Crippen LogP contribution >= 0.6 is 11.8 Å². The molecule has 1 aromatic carbocycles. The van der Waals surface area contributed by atoms with Crippen LogP contribution in [0.4, 0.5) is 0 Å². The Hall–Kier alpha value is -2.26. The van der Waals surface area contributed by atoms with Gasteiger partial charge in [-0.1, -0.05) is 41.6 Å². The molecular weight excluding hydrogens is 398 g/mol. The number of ether oxygens (including phenoxy) is 1. The summed E-state index contributed by atoms with van der Waals surface area (Å²) in [7, 11) is 0. The van der Waals surface area contributed by atoms with Crippen LogP contribution in [0.5, 0.6) is 0 Å². The number of aliphatic hydroxyl groups is 4. The summed E-state index contributed by atoms with van der Waals surface area (Å²) in [6.45, 7) is 1.28. The minimum Gasteiger partial charge on any atom is -0.394 e. The molecule has 5 atom stereocenters. The molecule has 2 heterocycles. The molecule has 1 aromatic heterocycles. The second-order valence-electron chi connectivity index (χ2n) is 6.69. The van der Waals surface area contributed by atoms with Crippen molar-refractivity contribution in [3.05, 3.63) is 45.7 Å². The third-order valence-electron chi connectivity index (χ3n) is 4.82. The Labute approximate surface area is 170 Å². The Kier molecular flexibility index (Phi) is 6.38. The maximum absolute atomic E-state index is 13.2. The lowest BCUT2D eigenvalue weighted by atomic mass is 9.98. The van der Waals surface area contributed by atoms with Crippen molar-refractivity contribution in [2.75, 3.05) is 12.9 Å². The number of aryl methyl sites for hydroxylation is 1. The minimum absolute atomic E-state index is 0.147. The Morgan fingerprint density at radius 2 is 1.86 bits per heavy atom. The van der Waals surface area contributed by atoms with Crippen LogP contribution in [-0.2, 0) is 4.74 Å². The van der Waals surface area contributed by atoms with Crippen LogP contribution in [0.3, 0.4) is 0 Å². The lowest BCUT2D eigenvalue weighted by Crippen LogP contribution is -2.58. The summed E-state index contributed by atoms with van der Waals surface area (Å²) in [4.78, 5) is 17.6. The van der Waals surface area contributed by atoms with Gasteiger partial charge in [-0.25, -0.2) is 4.98 Å². The van der Waals surface area contributed by atoms with Crippen LogP contribution in [0, 0.1) is 18.3 Å². The third-order valence-corrected chi connectivity index (χ3v) is 5.48. The molecule has 2 aromatic rings. The van der Waals surface area contributed by atoms with Gasteiger partial charge in [0.15, 0.2) is 11.4 Å². The molecular formula is C19H21N3O6S. The first-order chi connectivity index (χ1) is 13.8. The number of aliphatic hydroxyl groups excluding tert-OH is 4. The minimum atomic E-state index is -1.67. The highest BCUT2D eigenvalue weighted by atomic mass is 32.2. The first-order valence-electron chi connectivity index (χ1n) is 8.82. The molecule has 154 valence electrons. The van der Waals surface area contributed by atoms with Gasteiger partial charge in [0.25, 0.3) is 5.56 Å². The van der Waals surface area contributed by atoms with Gasteiger partial charge in [0.2, 0.25) is 0 Å². The maximum atomic E-state index is 13.2. The van der Waals surface area contributed by atoms with E-state index in [-0.39, 0.29) is 16.4 Å². The van der Waals surface area contributed by atoms with E-state index in [4.69, 9.17) is 4.74 Å². The highest BCUT2D eigenvalue weighted by Crippen LogP contribution is 2.31. The smallest absolute Gasteiger partial charge is 0.274 e. The SMILES string of the molecule is CSc1nc(-c2ccc(C)cc2)c(C#N)c(=O)n1[C@@H]1O[C@H](CO)[C@H](O)[C@H](O)[C@H]1O. The van der Waals surface area contributed by atoms with Gasteiger partial charge < -0.3 is 25.2 Å². The first-order valence-corrected chi connectivity index (χ1v) is 10.0. The second kappa shape index (κ2) is 8.62. The normalized spacial score (nSPS) is 26.9. The second-order valence-corrected chi connectivity index (χ2v) is 7.47. The fourth-order valence-corrected chi connectivity index (χ4v) is 3.76. The van der Waals surface area contributed by atoms with Gasteiger partial charge in [0, 0.05) is 5.56 Å². The van der Waals surface area contributed by atoms with Crippen LogP contribution in [-0.4, -0.2) is 67.3 Å². The summed E-state index contributed by atoms with van der Waals surface area (Å²) in [6.07, 6.45) is -5.86. The molecule has 0 aliphatic carbocycles. The van der Waals surface area contributed by atoms with Crippen LogP contribution in [0.2, 0.25) is 0 Å². The summed E-state index contributed by atoms with van der Waals surface area (Å²) < 4.78 is 6.47. The molecule has 4 N–H and O–H groups in total. The van der Waals surface area contributed by atoms with E-state index in [0.717, 1.165) is 21.9 Å². The van der Waals surface area contributed by atoms with E-state index in [1.807, 2.05) is 25.1 Å². The zero-order valence-corrected chi connectivity index (χ0v) is 16.6. The topological polar surface area (TPSA) is 149 Å². The fourth-order valence-electron chi connectivity index (χ4n) is 3.20. The van der Waals surface area contributed by atoms with E-state index in [1.165, 1.54) is 0 Å². The molecule has 1 aliphatic heterocycles. The number of aromatic nitrogens is 2. The molecule has 9 nitrogen and oxygen atoms in total. The monoisotopic (exact) mass is 419 g/mol. The molecule has 3 rings (SSSR count). The van der Waals surface area contributed by atoms with Crippen molar-refractivity contribution in [3.8, 4) is 17.3 Å². The molecule has 1 aliphatic rings. The standard InChI is InChI=1S/C19H21N3O6S/c1-9-3-5-10(6-4-9)13-11(7-20)17(27)22(19(21-13)29-2)18-16(26)15(25)14(24)12(8-23)28-18/h3-6,12,14-16,18,23-26H,8H2,1-2H3/t12-,14+,15+,16-,18-/m1/s1. The lowest BCUT2D eigenvalue weighted by Gasteiger charge is -2.40. The van der Waals surface area contributed by atoms with Crippen molar-refractivity contribution in [2.24, 2.45) is 0 Å². The van der Waals surface area contributed by atoms with Crippen molar-refractivity contribution >= 4 is 11.8 Å². The number of benzene rings is 1. The molecule has 10 heteroatoms. The molecule has 0 spiro atoms. The number of hydrogen-bond acceptors (Lipinski definition) is 9.